The lowest BCUT2D eigenvalue weighted by molar-refractivity contribution is -0.113. The van der Waals surface area contributed by atoms with Gasteiger partial charge in [0.2, 0.25) is 5.91 Å². The number of hydrogen-bond acceptors (Lipinski definition) is 5. The fourth-order valence-electron chi connectivity index (χ4n) is 1.50. The molecule has 3 N–H and O–H groups in total. The molecule has 0 spiro atoms. The minimum atomic E-state index is -3.45. The normalized spacial score (nSPS) is 11.3. The van der Waals surface area contributed by atoms with Crippen LogP contribution in [0.3, 0.4) is 0 Å². The summed E-state index contributed by atoms with van der Waals surface area (Å²) >= 11 is 0. The molecule has 0 aliphatic heterocycles. The molecule has 0 heterocycles. The molecule has 0 saturated carbocycles. The van der Waals surface area contributed by atoms with Gasteiger partial charge in [-0.3, -0.25) is 4.79 Å². The highest BCUT2D eigenvalue weighted by molar-refractivity contribution is 7.92. The van der Waals surface area contributed by atoms with E-state index in [1.54, 1.807) is 25.1 Å². The van der Waals surface area contributed by atoms with Crippen LogP contribution in [0.25, 0.3) is 0 Å². The Labute approximate surface area is 112 Å². The molecule has 7 heteroatoms. The lowest BCUT2D eigenvalue weighted by Gasteiger charge is -2.09. The van der Waals surface area contributed by atoms with Gasteiger partial charge in [0.15, 0.2) is 9.84 Å². The van der Waals surface area contributed by atoms with Gasteiger partial charge in [-0.1, -0.05) is 0 Å². The van der Waals surface area contributed by atoms with Crippen LogP contribution in [-0.2, 0) is 19.4 Å². The summed E-state index contributed by atoms with van der Waals surface area (Å²) in [6, 6.07) is 4.99. The van der Waals surface area contributed by atoms with Crippen LogP contribution in [0.2, 0.25) is 0 Å². The molecule has 0 bridgehead atoms. The average molecular weight is 286 g/mol. The predicted octanol–water partition coefficient (Wildman–Crippen LogP) is 0.577. The Morgan fingerprint density at radius 3 is 2.68 bits per heavy atom. The fraction of sp³-hybridized carbons (Fsp3) is 0.417. The van der Waals surface area contributed by atoms with E-state index < -0.39 is 21.5 Å². The number of rotatable bonds is 6. The second kappa shape index (κ2) is 6.53. The van der Waals surface area contributed by atoms with Crippen molar-refractivity contribution in [1.29, 1.82) is 0 Å². The predicted molar refractivity (Wildman–Crippen MR) is 74.8 cm³/mol. The van der Waals surface area contributed by atoms with E-state index in [2.05, 4.69) is 10.1 Å². The Kier molecular flexibility index (Phi) is 5.31. The van der Waals surface area contributed by atoms with Crippen LogP contribution < -0.4 is 11.1 Å². The molecule has 0 aliphatic rings. The molecule has 1 rings (SSSR count). The third-order valence-corrected chi connectivity index (χ3v) is 3.96. The van der Waals surface area contributed by atoms with Gasteiger partial charge in [0.05, 0.1) is 12.4 Å². The van der Waals surface area contributed by atoms with E-state index in [4.69, 9.17) is 5.73 Å². The second-order valence-electron chi connectivity index (χ2n) is 4.21. The molecule has 1 aromatic rings. The van der Waals surface area contributed by atoms with Crippen LogP contribution in [0.5, 0.6) is 0 Å². The Bertz CT molecular complexity index is 555. The largest absolute Gasteiger partial charge is 0.399 e. The maximum absolute atomic E-state index is 11.7. The first-order chi connectivity index (χ1) is 8.84. The summed E-state index contributed by atoms with van der Waals surface area (Å²) in [6.07, 6.45) is 0. The molecular weight excluding hydrogens is 268 g/mol. The number of hydrogen-bond donors (Lipinski definition) is 2. The zero-order chi connectivity index (χ0) is 14.5. The van der Waals surface area contributed by atoms with Gasteiger partial charge in [0.25, 0.3) is 0 Å². The summed E-state index contributed by atoms with van der Waals surface area (Å²) in [6.45, 7) is 1.86. The van der Waals surface area contributed by atoms with Crippen molar-refractivity contribution in [2.75, 3.05) is 36.3 Å². The molecular formula is C12H18N2O4S. The molecule has 1 aromatic carbocycles. The van der Waals surface area contributed by atoms with Crippen LogP contribution in [0.1, 0.15) is 5.56 Å². The van der Waals surface area contributed by atoms with Crippen LogP contribution in [0.4, 0.5) is 11.4 Å². The van der Waals surface area contributed by atoms with Crippen molar-refractivity contribution >= 4 is 27.1 Å². The molecule has 19 heavy (non-hydrogen) atoms. The van der Waals surface area contributed by atoms with Crippen molar-refractivity contribution in [3.8, 4) is 0 Å². The zero-order valence-corrected chi connectivity index (χ0v) is 11.8. The standard InChI is InChI=1S/C12H18N2O4S/c1-9-7-10(13)3-4-11(9)14-12(15)8-19(16,17)6-5-18-2/h3-4,7H,5-6,8,13H2,1-2H3,(H,14,15). The lowest BCUT2D eigenvalue weighted by atomic mass is 10.2. The molecule has 0 atom stereocenters. The number of carbonyl (C=O) groups excluding carboxylic acids is 1. The first-order valence-electron chi connectivity index (χ1n) is 5.69. The number of sulfone groups is 1. The zero-order valence-electron chi connectivity index (χ0n) is 11.0. The van der Waals surface area contributed by atoms with Gasteiger partial charge in [-0.05, 0) is 30.7 Å². The van der Waals surface area contributed by atoms with Gasteiger partial charge in [0.1, 0.15) is 5.75 Å². The quantitative estimate of drug-likeness (QED) is 0.745. The fourth-order valence-corrected chi connectivity index (χ4v) is 2.53. The summed E-state index contributed by atoms with van der Waals surface area (Å²) in [5.41, 5.74) is 7.52. The van der Waals surface area contributed by atoms with Crippen molar-refractivity contribution < 1.29 is 17.9 Å². The molecule has 1 amide bonds. The van der Waals surface area contributed by atoms with Gasteiger partial charge in [-0.2, -0.15) is 0 Å². The maximum atomic E-state index is 11.7. The number of nitrogens with one attached hydrogen (secondary N) is 1. The monoisotopic (exact) mass is 286 g/mol. The smallest absolute Gasteiger partial charge is 0.239 e. The molecule has 6 nitrogen and oxygen atoms in total. The summed E-state index contributed by atoms with van der Waals surface area (Å²) in [5, 5.41) is 2.56. The van der Waals surface area contributed by atoms with E-state index in [1.807, 2.05) is 0 Å². The first kappa shape index (κ1) is 15.5. The Hall–Kier alpha value is -1.60. The number of carbonyl (C=O) groups is 1. The van der Waals surface area contributed by atoms with Gasteiger partial charge in [0, 0.05) is 18.5 Å². The Morgan fingerprint density at radius 2 is 2.11 bits per heavy atom. The highest BCUT2D eigenvalue weighted by Gasteiger charge is 2.17. The van der Waals surface area contributed by atoms with Crippen LogP contribution >= 0.6 is 0 Å². The van der Waals surface area contributed by atoms with Crippen LogP contribution in [-0.4, -0.2) is 39.5 Å². The number of anilines is 2. The number of amides is 1. The average Bonchev–Trinajstić information content (AvgIpc) is 2.29. The van der Waals surface area contributed by atoms with Crippen LogP contribution in [0, 0.1) is 6.92 Å². The summed E-state index contributed by atoms with van der Waals surface area (Å²) < 4.78 is 27.8. The minimum Gasteiger partial charge on any atom is -0.399 e. The Morgan fingerprint density at radius 1 is 1.42 bits per heavy atom. The van der Waals surface area contributed by atoms with Gasteiger partial charge in [-0.15, -0.1) is 0 Å². The highest BCUT2D eigenvalue weighted by Crippen LogP contribution is 2.17. The molecule has 106 valence electrons. The second-order valence-corrected chi connectivity index (χ2v) is 6.39. The summed E-state index contributed by atoms with van der Waals surface area (Å²) in [5.74, 6) is -1.29. The maximum Gasteiger partial charge on any atom is 0.239 e. The molecule has 0 aliphatic carbocycles. The third kappa shape index (κ3) is 5.27. The van der Waals surface area contributed by atoms with E-state index in [1.165, 1.54) is 7.11 Å². The molecule has 0 saturated heterocycles. The van der Waals surface area contributed by atoms with E-state index in [9.17, 15) is 13.2 Å². The lowest BCUT2D eigenvalue weighted by Crippen LogP contribution is -2.26. The van der Waals surface area contributed by atoms with Crippen molar-refractivity contribution in [2.24, 2.45) is 0 Å². The van der Waals surface area contributed by atoms with Crippen molar-refractivity contribution in [3.63, 3.8) is 0 Å². The van der Waals surface area contributed by atoms with E-state index >= 15 is 0 Å². The highest BCUT2D eigenvalue weighted by atomic mass is 32.2. The molecule has 0 unspecified atom stereocenters. The minimum absolute atomic E-state index is 0.0799. The number of ether oxygens (including phenoxy) is 1. The number of nitrogens with two attached hydrogens (primary N) is 1. The van der Waals surface area contributed by atoms with Gasteiger partial charge >= 0.3 is 0 Å². The van der Waals surface area contributed by atoms with Crippen molar-refractivity contribution in [3.05, 3.63) is 23.8 Å². The Balaban J connectivity index is 2.65. The molecule has 0 aromatic heterocycles. The number of benzene rings is 1. The van der Waals surface area contributed by atoms with E-state index in [0.717, 1.165) is 5.56 Å². The van der Waals surface area contributed by atoms with Crippen molar-refractivity contribution in [1.82, 2.24) is 0 Å². The third-order valence-electron chi connectivity index (χ3n) is 2.47. The number of nitrogen functional groups attached to an aromatic ring is 1. The summed E-state index contributed by atoms with van der Waals surface area (Å²) in [7, 11) is -2.04. The number of aryl methyl sites for hydroxylation is 1. The topological polar surface area (TPSA) is 98.5 Å². The van der Waals surface area contributed by atoms with E-state index in [-0.39, 0.29) is 12.4 Å². The van der Waals surface area contributed by atoms with Crippen LogP contribution in [0.15, 0.2) is 18.2 Å². The molecule has 0 radical (unpaired) electrons. The first-order valence-corrected chi connectivity index (χ1v) is 7.51. The van der Waals surface area contributed by atoms with Gasteiger partial charge < -0.3 is 15.8 Å². The SMILES string of the molecule is COCCS(=O)(=O)CC(=O)Nc1ccc(N)cc1C. The van der Waals surface area contributed by atoms with Gasteiger partial charge in [-0.25, -0.2) is 8.42 Å². The van der Waals surface area contributed by atoms with Crippen molar-refractivity contribution in [2.45, 2.75) is 6.92 Å². The molecule has 0 fully saturated rings. The van der Waals surface area contributed by atoms with E-state index in [0.29, 0.717) is 11.4 Å². The number of methoxy groups -OCH3 is 1. The summed E-state index contributed by atoms with van der Waals surface area (Å²) in [4.78, 5) is 11.7.